The summed E-state index contributed by atoms with van der Waals surface area (Å²) in [7, 11) is 0. The van der Waals surface area contributed by atoms with Gasteiger partial charge in [-0.1, -0.05) is 29.8 Å². The first-order valence-corrected chi connectivity index (χ1v) is 9.08. The lowest BCUT2D eigenvalue weighted by Gasteiger charge is -2.00. The van der Waals surface area contributed by atoms with Crippen molar-refractivity contribution in [2.45, 2.75) is 13.3 Å². The van der Waals surface area contributed by atoms with Crippen molar-refractivity contribution in [1.82, 2.24) is 14.8 Å². The molecule has 0 saturated heterocycles. The van der Waals surface area contributed by atoms with E-state index in [-0.39, 0.29) is 11.3 Å². The predicted octanol–water partition coefficient (Wildman–Crippen LogP) is 3.89. The molecule has 2 N–H and O–H groups in total. The van der Waals surface area contributed by atoms with Gasteiger partial charge < -0.3 is 5.11 Å². The number of thiazole rings is 1. The number of hydrogen-bond donors (Lipinski definition) is 2. The Balaban J connectivity index is 1.60. The van der Waals surface area contributed by atoms with Crippen LogP contribution in [0.4, 0.5) is 0 Å². The summed E-state index contributed by atoms with van der Waals surface area (Å²) in [4.78, 5) is 16.9. The SMILES string of the molecule is Cc1ccc(Cc2cc(=O)n(-c3nc(-c4ccc(O)cc4)cs3)[nH]2)cc1. The molecule has 0 saturated carbocycles. The van der Waals surface area contributed by atoms with Gasteiger partial charge in [-0.05, 0) is 36.8 Å². The van der Waals surface area contributed by atoms with Crippen molar-refractivity contribution >= 4 is 11.3 Å². The Labute approximate surface area is 154 Å². The van der Waals surface area contributed by atoms with Gasteiger partial charge in [-0.2, -0.15) is 4.68 Å². The molecule has 26 heavy (non-hydrogen) atoms. The zero-order valence-corrected chi connectivity index (χ0v) is 15.0. The van der Waals surface area contributed by atoms with Crippen molar-refractivity contribution in [3.8, 4) is 22.1 Å². The van der Waals surface area contributed by atoms with Crippen molar-refractivity contribution in [2.24, 2.45) is 0 Å². The number of benzene rings is 2. The largest absolute Gasteiger partial charge is 0.508 e. The number of nitrogens with one attached hydrogen (secondary N) is 1. The molecule has 130 valence electrons. The highest BCUT2D eigenvalue weighted by Gasteiger charge is 2.11. The van der Waals surface area contributed by atoms with E-state index in [0.717, 1.165) is 22.5 Å². The molecule has 2 aromatic heterocycles. The fraction of sp³-hybridized carbons (Fsp3) is 0.100. The molecule has 0 radical (unpaired) electrons. The normalized spacial score (nSPS) is 11.0. The standard InChI is InChI=1S/C20H17N3O2S/c1-13-2-4-14(5-3-13)10-16-11-19(25)23(22-16)20-21-18(12-26-20)15-6-8-17(24)9-7-15/h2-9,11-12,22,24H,10H2,1H3. The molecule has 4 aromatic rings. The third kappa shape index (κ3) is 3.32. The minimum atomic E-state index is -0.126. The number of aromatic hydroxyl groups is 1. The van der Waals surface area contributed by atoms with E-state index in [1.54, 1.807) is 30.3 Å². The van der Waals surface area contributed by atoms with Gasteiger partial charge in [-0.25, -0.2) is 4.98 Å². The first kappa shape index (κ1) is 16.4. The number of aromatic nitrogens is 3. The summed E-state index contributed by atoms with van der Waals surface area (Å²) in [5.41, 5.74) is 4.74. The van der Waals surface area contributed by atoms with Gasteiger partial charge in [-0.15, -0.1) is 11.3 Å². The lowest BCUT2D eigenvalue weighted by atomic mass is 10.1. The van der Waals surface area contributed by atoms with Crippen LogP contribution in [0.5, 0.6) is 5.75 Å². The summed E-state index contributed by atoms with van der Waals surface area (Å²) >= 11 is 1.40. The van der Waals surface area contributed by atoms with Crippen molar-refractivity contribution in [2.75, 3.05) is 0 Å². The Morgan fingerprint density at radius 3 is 2.58 bits per heavy atom. The summed E-state index contributed by atoms with van der Waals surface area (Å²) in [5, 5.41) is 15.0. The number of H-pyrrole nitrogens is 1. The molecule has 6 heteroatoms. The smallest absolute Gasteiger partial charge is 0.273 e. The second kappa shape index (κ2) is 6.65. The highest BCUT2D eigenvalue weighted by atomic mass is 32.1. The molecule has 0 aliphatic rings. The lowest BCUT2D eigenvalue weighted by Crippen LogP contribution is -2.13. The molecule has 5 nitrogen and oxygen atoms in total. The van der Waals surface area contributed by atoms with E-state index in [9.17, 15) is 9.90 Å². The molecular weight excluding hydrogens is 346 g/mol. The van der Waals surface area contributed by atoms with Crippen LogP contribution in [0.2, 0.25) is 0 Å². The van der Waals surface area contributed by atoms with E-state index in [0.29, 0.717) is 11.6 Å². The van der Waals surface area contributed by atoms with Gasteiger partial charge in [0.15, 0.2) is 0 Å². The number of rotatable bonds is 4. The molecular formula is C20H17N3O2S. The summed E-state index contributed by atoms with van der Waals surface area (Å²) < 4.78 is 1.47. The molecule has 0 amide bonds. The van der Waals surface area contributed by atoms with E-state index in [2.05, 4.69) is 41.3 Å². The maximum atomic E-state index is 12.3. The van der Waals surface area contributed by atoms with E-state index in [1.807, 2.05) is 5.38 Å². The van der Waals surface area contributed by atoms with Gasteiger partial charge >= 0.3 is 0 Å². The minimum absolute atomic E-state index is 0.126. The van der Waals surface area contributed by atoms with Crippen LogP contribution in [-0.2, 0) is 6.42 Å². The average Bonchev–Trinajstić information content (AvgIpc) is 3.24. The van der Waals surface area contributed by atoms with Crippen LogP contribution in [-0.4, -0.2) is 19.9 Å². The number of aromatic amines is 1. The Hall–Kier alpha value is -3.12. The maximum Gasteiger partial charge on any atom is 0.273 e. The van der Waals surface area contributed by atoms with Crippen molar-refractivity contribution < 1.29 is 5.11 Å². The van der Waals surface area contributed by atoms with E-state index in [1.165, 1.54) is 21.6 Å². The summed E-state index contributed by atoms with van der Waals surface area (Å²) in [6, 6.07) is 16.7. The quantitative estimate of drug-likeness (QED) is 0.578. The van der Waals surface area contributed by atoms with Crippen LogP contribution in [0, 0.1) is 6.92 Å². The van der Waals surface area contributed by atoms with Crippen molar-refractivity contribution in [3.05, 3.63) is 87.2 Å². The van der Waals surface area contributed by atoms with E-state index < -0.39 is 0 Å². The van der Waals surface area contributed by atoms with Gasteiger partial charge in [0.05, 0.1) is 5.69 Å². The molecule has 0 atom stereocenters. The van der Waals surface area contributed by atoms with Crippen molar-refractivity contribution in [3.63, 3.8) is 0 Å². The molecule has 0 aliphatic heterocycles. The number of hydrogen-bond acceptors (Lipinski definition) is 4. The predicted molar refractivity (Wildman–Crippen MR) is 103 cm³/mol. The van der Waals surface area contributed by atoms with Gasteiger partial charge in [0.2, 0.25) is 5.13 Å². The number of aryl methyl sites for hydroxylation is 1. The molecule has 0 aliphatic carbocycles. The molecule has 4 rings (SSSR count). The fourth-order valence-corrected chi connectivity index (χ4v) is 3.53. The number of phenols is 1. The number of phenolic OH excluding ortho intramolecular Hbond substituents is 1. The third-order valence-electron chi connectivity index (χ3n) is 4.14. The summed E-state index contributed by atoms with van der Waals surface area (Å²) in [6.07, 6.45) is 0.665. The minimum Gasteiger partial charge on any atom is -0.508 e. The van der Waals surface area contributed by atoms with E-state index >= 15 is 0 Å². The maximum absolute atomic E-state index is 12.3. The zero-order valence-electron chi connectivity index (χ0n) is 14.1. The van der Waals surface area contributed by atoms with Crippen LogP contribution < -0.4 is 5.56 Å². The van der Waals surface area contributed by atoms with Gasteiger partial charge in [-0.3, -0.25) is 9.89 Å². The Kier molecular flexibility index (Phi) is 4.18. The molecule has 2 aromatic carbocycles. The van der Waals surface area contributed by atoms with Crippen LogP contribution in [0.1, 0.15) is 16.8 Å². The second-order valence-electron chi connectivity index (χ2n) is 6.18. The van der Waals surface area contributed by atoms with Crippen LogP contribution >= 0.6 is 11.3 Å². The van der Waals surface area contributed by atoms with Crippen LogP contribution in [0.25, 0.3) is 16.4 Å². The Bertz CT molecular complexity index is 1090. The van der Waals surface area contributed by atoms with Gasteiger partial charge in [0, 0.05) is 29.1 Å². The van der Waals surface area contributed by atoms with E-state index in [4.69, 9.17) is 0 Å². The van der Waals surface area contributed by atoms with Gasteiger partial charge in [0.1, 0.15) is 5.75 Å². The Morgan fingerprint density at radius 1 is 1.12 bits per heavy atom. The lowest BCUT2D eigenvalue weighted by molar-refractivity contribution is 0.475. The second-order valence-corrected chi connectivity index (χ2v) is 7.02. The zero-order chi connectivity index (χ0) is 18.1. The molecule has 2 heterocycles. The van der Waals surface area contributed by atoms with Gasteiger partial charge in [0.25, 0.3) is 5.56 Å². The third-order valence-corrected chi connectivity index (χ3v) is 4.96. The molecule has 0 unspecified atom stereocenters. The first-order valence-electron chi connectivity index (χ1n) is 8.20. The Morgan fingerprint density at radius 2 is 1.85 bits per heavy atom. The average molecular weight is 363 g/mol. The highest BCUT2D eigenvalue weighted by molar-refractivity contribution is 7.12. The highest BCUT2D eigenvalue weighted by Crippen LogP contribution is 2.25. The van der Waals surface area contributed by atoms with Crippen LogP contribution in [0.15, 0.2) is 64.8 Å². The summed E-state index contributed by atoms with van der Waals surface area (Å²) in [6.45, 7) is 2.05. The number of nitrogens with zero attached hydrogens (tertiary/aromatic N) is 2. The molecule has 0 bridgehead atoms. The monoisotopic (exact) mass is 363 g/mol. The fourth-order valence-electron chi connectivity index (χ4n) is 2.73. The first-order chi connectivity index (χ1) is 12.6. The summed E-state index contributed by atoms with van der Waals surface area (Å²) in [5.74, 6) is 0.213. The molecule has 0 spiro atoms. The molecule has 0 fully saturated rings. The topological polar surface area (TPSA) is 70.9 Å². The van der Waals surface area contributed by atoms with Crippen molar-refractivity contribution in [1.29, 1.82) is 0 Å². The van der Waals surface area contributed by atoms with Crippen LogP contribution in [0.3, 0.4) is 0 Å².